The van der Waals surface area contributed by atoms with Crippen LogP contribution in [0.15, 0.2) is 46.7 Å². The Labute approximate surface area is 155 Å². The van der Waals surface area contributed by atoms with E-state index in [-0.39, 0.29) is 10.8 Å². The van der Waals surface area contributed by atoms with Crippen molar-refractivity contribution in [3.05, 3.63) is 63.6 Å². The Bertz CT molecular complexity index is 1000. The summed E-state index contributed by atoms with van der Waals surface area (Å²) in [6, 6.07) is 8.47. The largest absolute Gasteiger partial charge is 0.212 e. The van der Waals surface area contributed by atoms with Gasteiger partial charge in [-0.2, -0.15) is 9.78 Å². The fourth-order valence-electron chi connectivity index (χ4n) is 2.38. The lowest BCUT2D eigenvalue weighted by atomic mass is 10.1. The lowest BCUT2D eigenvalue weighted by Gasteiger charge is -2.15. The van der Waals surface area contributed by atoms with Crippen LogP contribution in [0.1, 0.15) is 5.56 Å². The van der Waals surface area contributed by atoms with Crippen LogP contribution in [0.5, 0.6) is 0 Å². The molecule has 4 rings (SSSR count). The molecule has 0 bridgehead atoms. The van der Waals surface area contributed by atoms with Gasteiger partial charge in [0.1, 0.15) is 11.6 Å². The van der Waals surface area contributed by atoms with E-state index in [1.165, 1.54) is 36.0 Å². The molecule has 2 aromatic carbocycles. The van der Waals surface area contributed by atoms with Gasteiger partial charge < -0.3 is 0 Å². The average Bonchev–Trinajstić information content (AvgIpc) is 3.02. The molecular weight excluding hydrogens is 389 g/mol. The number of halogens is 4. The lowest BCUT2D eigenvalue weighted by Crippen LogP contribution is -2.14. The predicted molar refractivity (Wildman–Crippen MR) is 94.5 cm³/mol. The molecule has 126 valence electrons. The monoisotopic (exact) mass is 396 g/mol. The minimum absolute atomic E-state index is 0.0465. The fraction of sp³-hybridized carbons (Fsp3) is 0.0625. The van der Waals surface area contributed by atoms with E-state index in [2.05, 4.69) is 15.3 Å². The Morgan fingerprint density at radius 3 is 2.52 bits per heavy atom. The number of thioether (sulfide) groups is 1. The van der Waals surface area contributed by atoms with Gasteiger partial charge in [0.15, 0.2) is 5.82 Å². The Morgan fingerprint density at radius 1 is 1.00 bits per heavy atom. The molecule has 1 aromatic heterocycles. The van der Waals surface area contributed by atoms with Crippen LogP contribution in [0.3, 0.4) is 0 Å². The number of aromatic nitrogens is 3. The maximum absolute atomic E-state index is 13.8. The van der Waals surface area contributed by atoms with Crippen molar-refractivity contribution in [3.63, 3.8) is 0 Å². The maximum Gasteiger partial charge on any atom is 0.212 e. The van der Waals surface area contributed by atoms with Crippen molar-refractivity contribution >= 4 is 40.7 Å². The van der Waals surface area contributed by atoms with Gasteiger partial charge in [-0.15, -0.1) is 10.2 Å². The molecule has 0 atom stereocenters. The molecular formula is C16H8Cl2F2N4S. The SMILES string of the molecule is Fc1ccc(-c2nnc3n2N=C(c2cc(F)c(Cl)cc2Cl)CS3)cc1. The highest BCUT2D eigenvalue weighted by Gasteiger charge is 2.22. The van der Waals surface area contributed by atoms with Crippen molar-refractivity contribution in [3.8, 4) is 11.4 Å². The summed E-state index contributed by atoms with van der Waals surface area (Å²) >= 11 is 13.3. The number of hydrogen-bond acceptors (Lipinski definition) is 4. The van der Waals surface area contributed by atoms with Gasteiger partial charge in [-0.1, -0.05) is 35.0 Å². The molecule has 0 unspecified atom stereocenters. The highest BCUT2D eigenvalue weighted by molar-refractivity contribution is 7.99. The summed E-state index contributed by atoms with van der Waals surface area (Å²) in [6.07, 6.45) is 0. The van der Waals surface area contributed by atoms with E-state index >= 15 is 0 Å². The summed E-state index contributed by atoms with van der Waals surface area (Å²) in [5.74, 6) is 0.0129. The van der Waals surface area contributed by atoms with Gasteiger partial charge in [-0.25, -0.2) is 8.78 Å². The number of rotatable bonds is 2. The summed E-state index contributed by atoms with van der Waals surface area (Å²) in [5.41, 5.74) is 1.70. The van der Waals surface area contributed by atoms with Gasteiger partial charge in [-0.3, -0.25) is 0 Å². The maximum atomic E-state index is 13.8. The van der Waals surface area contributed by atoms with Gasteiger partial charge in [0, 0.05) is 16.9 Å². The van der Waals surface area contributed by atoms with Gasteiger partial charge in [0.2, 0.25) is 5.16 Å². The number of nitrogens with zero attached hydrogens (tertiary/aromatic N) is 4. The van der Waals surface area contributed by atoms with Crippen LogP contribution in [0.25, 0.3) is 11.4 Å². The van der Waals surface area contributed by atoms with Gasteiger partial charge >= 0.3 is 0 Å². The third-order valence-corrected chi connectivity index (χ3v) is 5.13. The lowest BCUT2D eigenvalue weighted by molar-refractivity contribution is 0.627. The standard InChI is InChI=1S/C16H8Cl2F2N4S/c17-11-6-12(18)13(20)5-10(11)14-7-25-16-22-21-15(24(16)23-14)8-1-3-9(19)4-2-8/h1-6H,7H2. The first-order valence-corrected chi connectivity index (χ1v) is 8.84. The highest BCUT2D eigenvalue weighted by atomic mass is 35.5. The molecule has 3 aromatic rings. The zero-order valence-corrected chi connectivity index (χ0v) is 14.7. The molecule has 0 amide bonds. The van der Waals surface area contributed by atoms with E-state index in [1.807, 2.05) is 0 Å². The number of fused-ring (bicyclic) bond motifs is 1. The van der Waals surface area contributed by atoms with Crippen LogP contribution in [0.2, 0.25) is 10.0 Å². The Morgan fingerprint density at radius 2 is 1.76 bits per heavy atom. The van der Waals surface area contributed by atoms with Gasteiger partial charge in [0.25, 0.3) is 0 Å². The quantitative estimate of drug-likeness (QED) is 0.579. The smallest absolute Gasteiger partial charge is 0.207 e. The summed E-state index contributed by atoms with van der Waals surface area (Å²) in [6.45, 7) is 0. The highest BCUT2D eigenvalue weighted by Crippen LogP contribution is 2.31. The van der Waals surface area contributed by atoms with E-state index in [0.29, 0.717) is 38.6 Å². The summed E-state index contributed by atoms with van der Waals surface area (Å²) < 4.78 is 28.5. The average molecular weight is 397 g/mol. The third-order valence-electron chi connectivity index (χ3n) is 3.59. The number of benzene rings is 2. The zero-order valence-electron chi connectivity index (χ0n) is 12.4. The van der Waals surface area contributed by atoms with Crippen LogP contribution >= 0.6 is 35.0 Å². The molecule has 25 heavy (non-hydrogen) atoms. The molecule has 0 spiro atoms. The summed E-state index contributed by atoms with van der Waals surface area (Å²) in [5, 5.41) is 13.6. The first-order chi connectivity index (χ1) is 12.0. The third kappa shape index (κ3) is 3.03. The molecule has 0 saturated carbocycles. The molecule has 4 nitrogen and oxygen atoms in total. The molecule has 0 radical (unpaired) electrons. The fourth-order valence-corrected chi connectivity index (χ4v) is 3.70. The summed E-state index contributed by atoms with van der Waals surface area (Å²) in [4.78, 5) is 0. The van der Waals surface area contributed by atoms with E-state index < -0.39 is 5.82 Å². The van der Waals surface area contributed by atoms with Crippen LogP contribution in [0, 0.1) is 11.6 Å². The Kier molecular flexibility index (Phi) is 4.23. The second kappa shape index (κ2) is 6.40. The van der Waals surface area contributed by atoms with Crippen LogP contribution < -0.4 is 0 Å². The van der Waals surface area contributed by atoms with E-state index in [4.69, 9.17) is 23.2 Å². The molecule has 0 fully saturated rings. The van der Waals surface area contributed by atoms with Crippen molar-refractivity contribution in [1.82, 2.24) is 14.9 Å². The minimum atomic E-state index is -0.568. The second-order valence-corrected chi connectivity index (χ2v) is 6.96. The zero-order chi connectivity index (χ0) is 17.6. The second-order valence-electron chi connectivity index (χ2n) is 5.21. The van der Waals surface area contributed by atoms with Gasteiger partial charge in [-0.05, 0) is 36.4 Å². The van der Waals surface area contributed by atoms with Crippen LogP contribution in [-0.2, 0) is 0 Å². The molecule has 1 aliphatic heterocycles. The van der Waals surface area contributed by atoms with Crippen LogP contribution in [0.4, 0.5) is 8.78 Å². The van der Waals surface area contributed by atoms with Crippen molar-refractivity contribution < 1.29 is 8.78 Å². The van der Waals surface area contributed by atoms with E-state index in [9.17, 15) is 8.78 Å². The molecule has 1 aliphatic rings. The van der Waals surface area contributed by atoms with Crippen LogP contribution in [-0.4, -0.2) is 26.3 Å². The first kappa shape index (κ1) is 16.5. The Balaban J connectivity index is 1.81. The molecule has 0 aliphatic carbocycles. The van der Waals surface area contributed by atoms with Crippen molar-refractivity contribution in [2.45, 2.75) is 5.16 Å². The van der Waals surface area contributed by atoms with Gasteiger partial charge in [0.05, 0.1) is 15.8 Å². The molecule has 2 heterocycles. The van der Waals surface area contributed by atoms with Crippen molar-refractivity contribution in [2.24, 2.45) is 5.10 Å². The summed E-state index contributed by atoms with van der Waals surface area (Å²) in [7, 11) is 0. The normalized spacial score (nSPS) is 13.5. The predicted octanol–water partition coefficient (Wildman–Crippen LogP) is 4.89. The van der Waals surface area contributed by atoms with Crippen molar-refractivity contribution in [2.75, 3.05) is 5.75 Å². The number of hydrogen-bond donors (Lipinski definition) is 0. The minimum Gasteiger partial charge on any atom is -0.207 e. The van der Waals surface area contributed by atoms with E-state index in [1.54, 1.807) is 16.8 Å². The molecule has 0 N–H and O–H groups in total. The Hall–Kier alpha value is -1.96. The molecule has 0 saturated heterocycles. The first-order valence-electron chi connectivity index (χ1n) is 7.10. The topological polar surface area (TPSA) is 43.1 Å². The molecule has 9 heteroatoms. The van der Waals surface area contributed by atoms with Crippen molar-refractivity contribution in [1.29, 1.82) is 0 Å². The van der Waals surface area contributed by atoms with E-state index in [0.717, 1.165) is 0 Å².